The fourth-order valence-corrected chi connectivity index (χ4v) is 1.43. The standard InChI is InChI=1S/C4H7Br2O3PS/c1-7-10(11,8-2)9-3-4(5)6/h3H,1-2H3. The molecule has 0 aromatic carbocycles. The van der Waals surface area contributed by atoms with Crippen LogP contribution in [0, 0.1) is 0 Å². The second kappa shape index (κ2) is 5.67. The topological polar surface area (TPSA) is 27.7 Å². The average molecular weight is 326 g/mol. The Labute approximate surface area is 87.6 Å². The van der Waals surface area contributed by atoms with Crippen LogP contribution in [-0.2, 0) is 25.4 Å². The SMILES string of the molecule is COP(=S)(OC)OC=C(Br)Br. The van der Waals surface area contributed by atoms with Crippen molar-refractivity contribution < 1.29 is 13.6 Å². The minimum atomic E-state index is -2.54. The van der Waals surface area contributed by atoms with Crippen molar-refractivity contribution in [2.45, 2.75) is 0 Å². The maximum Gasteiger partial charge on any atom is 0.379 e. The van der Waals surface area contributed by atoms with Crippen LogP contribution in [0.15, 0.2) is 9.65 Å². The van der Waals surface area contributed by atoms with Crippen LogP contribution in [0.2, 0.25) is 0 Å². The Morgan fingerprint density at radius 1 is 1.36 bits per heavy atom. The third-order valence-corrected chi connectivity index (χ3v) is 3.50. The van der Waals surface area contributed by atoms with Crippen molar-refractivity contribution in [3.05, 3.63) is 9.65 Å². The summed E-state index contributed by atoms with van der Waals surface area (Å²) in [5.74, 6) is 0. The highest BCUT2D eigenvalue weighted by atomic mass is 79.9. The van der Waals surface area contributed by atoms with Gasteiger partial charge < -0.3 is 13.6 Å². The zero-order valence-electron chi connectivity index (χ0n) is 5.91. The molecule has 0 aliphatic carbocycles. The molecule has 0 aliphatic rings. The van der Waals surface area contributed by atoms with E-state index in [2.05, 4.69) is 31.9 Å². The fraction of sp³-hybridized carbons (Fsp3) is 0.500. The van der Waals surface area contributed by atoms with E-state index in [0.717, 1.165) is 0 Å². The second-order valence-electron chi connectivity index (χ2n) is 1.33. The molecule has 0 N–H and O–H groups in total. The fourth-order valence-electron chi connectivity index (χ4n) is 0.265. The summed E-state index contributed by atoms with van der Waals surface area (Å²) in [4.78, 5) is 0. The van der Waals surface area contributed by atoms with Crippen molar-refractivity contribution in [3.63, 3.8) is 0 Å². The van der Waals surface area contributed by atoms with Gasteiger partial charge in [-0.05, 0) is 31.9 Å². The first-order valence-electron chi connectivity index (χ1n) is 2.45. The molecule has 0 aromatic rings. The molecule has 3 nitrogen and oxygen atoms in total. The molecule has 0 spiro atoms. The first-order valence-corrected chi connectivity index (χ1v) is 6.59. The monoisotopic (exact) mass is 324 g/mol. The van der Waals surface area contributed by atoms with E-state index in [1.807, 2.05) is 0 Å². The lowest BCUT2D eigenvalue weighted by molar-refractivity contribution is 0.254. The molecule has 0 rings (SSSR count). The van der Waals surface area contributed by atoms with Gasteiger partial charge >= 0.3 is 6.72 Å². The lowest BCUT2D eigenvalue weighted by Crippen LogP contribution is -1.88. The van der Waals surface area contributed by atoms with Gasteiger partial charge in [0, 0.05) is 26.0 Å². The molecule has 0 saturated carbocycles. The summed E-state index contributed by atoms with van der Waals surface area (Å²) in [6.45, 7) is -2.54. The third-order valence-electron chi connectivity index (χ3n) is 0.718. The molecule has 0 heterocycles. The normalized spacial score (nSPS) is 10.9. The Hall–Kier alpha value is 1.07. The molecule has 0 radical (unpaired) electrons. The Bertz CT molecular complexity index is 184. The summed E-state index contributed by atoms with van der Waals surface area (Å²) < 4.78 is 15.3. The van der Waals surface area contributed by atoms with Gasteiger partial charge in [-0.1, -0.05) is 0 Å². The lowest BCUT2D eigenvalue weighted by atomic mass is 11.2. The van der Waals surface area contributed by atoms with Crippen molar-refractivity contribution in [1.82, 2.24) is 0 Å². The van der Waals surface area contributed by atoms with Crippen LogP contribution in [0.5, 0.6) is 0 Å². The number of hydrogen-bond donors (Lipinski definition) is 0. The summed E-state index contributed by atoms with van der Waals surface area (Å²) in [5, 5.41) is 0. The van der Waals surface area contributed by atoms with Gasteiger partial charge in [0.1, 0.15) is 6.26 Å². The molecule has 0 amide bonds. The van der Waals surface area contributed by atoms with E-state index in [9.17, 15) is 0 Å². The van der Waals surface area contributed by atoms with Crippen molar-refractivity contribution in [2.24, 2.45) is 0 Å². The Morgan fingerprint density at radius 2 is 1.82 bits per heavy atom. The van der Waals surface area contributed by atoms with Crippen molar-refractivity contribution in [2.75, 3.05) is 14.2 Å². The van der Waals surface area contributed by atoms with Crippen LogP contribution in [-0.4, -0.2) is 14.2 Å². The molecule has 0 aromatic heterocycles. The summed E-state index contributed by atoms with van der Waals surface area (Å²) in [5.41, 5.74) is 0. The summed E-state index contributed by atoms with van der Waals surface area (Å²) in [7, 11) is 2.89. The molecule has 66 valence electrons. The van der Waals surface area contributed by atoms with Crippen molar-refractivity contribution in [1.29, 1.82) is 0 Å². The second-order valence-corrected chi connectivity index (χ2v) is 7.28. The van der Waals surface area contributed by atoms with Crippen molar-refractivity contribution in [3.8, 4) is 0 Å². The minimum Gasteiger partial charge on any atom is -0.430 e. The summed E-state index contributed by atoms with van der Waals surface area (Å²) >= 11 is 11.1. The zero-order chi connectivity index (χ0) is 8.91. The van der Waals surface area contributed by atoms with Gasteiger partial charge in [0.05, 0.1) is 3.39 Å². The molecule has 0 aliphatic heterocycles. The molecule has 0 atom stereocenters. The van der Waals surface area contributed by atoms with Crippen LogP contribution >= 0.6 is 38.6 Å². The van der Waals surface area contributed by atoms with Gasteiger partial charge in [0.25, 0.3) is 0 Å². The van der Waals surface area contributed by atoms with Crippen molar-refractivity contribution >= 4 is 50.4 Å². The summed E-state index contributed by atoms with van der Waals surface area (Å²) in [6.07, 6.45) is 1.38. The molecule has 0 bridgehead atoms. The lowest BCUT2D eigenvalue weighted by Gasteiger charge is -2.14. The number of rotatable bonds is 4. The van der Waals surface area contributed by atoms with E-state index in [-0.39, 0.29) is 0 Å². The highest BCUT2D eigenvalue weighted by Crippen LogP contribution is 2.48. The molecule has 0 fully saturated rings. The smallest absolute Gasteiger partial charge is 0.379 e. The minimum absolute atomic E-state index is 0.647. The first kappa shape index (κ1) is 12.1. The van der Waals surface area contributed by atoms with Crippen LogP contribution < -0.4 is 0 Å². The van der Waals surface area contributed by atoms with E-state index in [1.54, 1.807) is 0 Å². The largest absolute Gasteiger partial charge is 0.430 e. The highest BCUT2D eigenvalue weighted by molar-refractivity contribution is 9.28. The summed E-state index contributed by atoms with van der Waals surface area (Å²) in [6, 6.07) is 0. The Kier molecular flexibility index (Phi) is 6.22. The van der Waals surface area contributed by atoms with Gasteiger partial charge in [-0.2, -0.15) is 0 Å². The number of halogens is 2. The van der Waals surface area contributed by atoms with Gasteiger partial charge in [-0.15, -0.1) is 0 Å². The molecule has 0 unspecified atom stereocenters. The third kappa shape index (κ3) is 5.33. The van der Waals surface area contributed by atoms with Crippen LogP contribution in [0.25, 0.3) is 0 Å². The predicted molar refractivity (Wildman–Crippen MR) is 55.3 cm³/mol. The van der Waals surface area contributed by atoms with Crippen LogP contribution in [0.4, 0.5) is 0 Å². The average Bonchev–Trinajstić information content (AvgIpc) is 2.00. The van der Waals surface area contributed by atoms with E-state index < -0.39 is 6.72 Å². The first-order chi connectivity index (χ1) is 5.04. The van der Waals surface area contributed by atoms with Gasteiger partial charge in [0.2, 0.25) is 0 Å². The molecular weight excluding hydrogens is 319 g/mol. The molecular formula is C4H7Br2O3PS. The van der Waals surface area contributed by atoms with E-state index >= 15 is 0 Å². The van der Waals surface area contributed by atoms with Crippen LogP contribution in [0.3, 0.4) is 0 Å². The van der Waals surface area contributed by atoms with Crippen LogP contribution in [0.1, 0.15) is 0 Å². The van der Waals surface area contributed by atoms with E-state index in [4.69, 9.17) is 25.4 Å². The zero-order valence-corrected chi connectivity index (χ0v) is 10.8. The number of hydrogen-bond acceptors (Lipinski definition) is 4. The molecule has 0 saturated heterocycles. The Balaban J connectivity index is 4.10. The predicted octanol–water partition coefficient (Wildman–Crippen LogP) is 3.11. The quantitative estimate of drug-likeness (QED) is 0.586. The highest BCUT2D eigenvalue weighted by Gasteiger charge is 2.15. The van der Waals surface area contributed by atoms with Gasteiger partial charge in [-0.3, -0.25) is 0 Å². The molecule has 7 heteroatoms. The maximum absolute atomic E-state index is 5.02. The van der Waals surface area contributed by atoms with E-state index in [0.29, 0.717) is 3.39 Å². The van der Waals surface area contributed by atoms with Gasteiger partial charge in [0.15, 0.2) is 0 Å². The maximum atomic E-state index is 5.02. The van der Waals surface area contributed by atoms with Gasteiger partial charge in [-0.25, -0.2) is 0 Å². The Morgan fingerprint density at radius 3 is 2.09 bits per heavy atom. The molecule has 11 heavy (non-hydrogen) atoms. The van der Waals surface area contributed by atoms with E-state index in [1.165, 1.54) is 20.5 Å².